The van der Waals surface area contributed by atoms with Gasteiger partial charge >= 0.3 is 6.36 Å². The zero-order valence-electron chi connectivity index (χ0n) is 15.1. The van der Waals surface area contributed by atoms with Crippen LogP contribution < -0.4 is 15.8 Å². The second kappa shape index (κ2) is 9.58. The lowest BCUT2D eigenvalue weighted by Gasteiger charge is -2.13. The molecule has 0 amide bonds. The molecule has 150 valence electrons. The highest BCUT2D eigenvalue weighted by atomic mass is 127. The number of benzene rings is 1. The molecule has 1 heterocycles. The molecule has 0 atom stereocenters. The van der Waals surface area contributed by atoms with Crippen molar-refractivity contribution in [1.82, 2.24) is 10.3 Å². The summed E-state index contributed by atoms with van der Waals surface area (Å²) in [4.78, 5) is 8.72. The Balaban J connectivity index is 0.00000364. The van der Waals surface area contributed by atoms with Gasteiger partial charge in [-0.1, -0.05) is 32.9 Å². The molecule has 1 aromatic heterocycles. The normalized spacial score (nSPS) is 12.4. The van der Waals surface area contributed by atoms with Crippen LogP contribution in [-0.4, -0.2) is 17.3 Å². The van der Waals surface area contributed by atoms with Gasteiger partial charge in [-0.25, -0.2) is 9.98 Å². The van der Waals surface area contributed by atoms with E-state index in [9.17, 15) is 13.2 Å². The Morgan fingerprint density at radius 3 is 2.37 bits per heavy atom. The van der Waals surface area contributed by atoms with Crippen molar-refractivity contribution >= 4 is 41.3 Å². The van der Waals surface area contributed by atoms with Crippen molar-refractivity contribution in [2.45, 2.75) is 45.6 Å². The average molecular weight is 514 g/mol. The van der Waals surface area contributed by atoms with Crippen molar-refractivity contribution in [2.24, 2.45) is 10.7 Å². The molecule has 0 saturated heterocycles. The first kappa shape index (κ1) is 23.5. The summed E-state index contributed by atoms with van der Waals surface area (Å²) in [5, 5.41) is 5.99. The minimum atomic E-state index is -4.70. The van der Waals surface area contributed by atoms with Gasteiger partial charge in [-0.3, -0.25) is 0 Å². The summed E-state index contributed by atoms with van der Waals surface area (Å²) in [6, 6.07) is 5.50. The van der Waals surface area contributed by atoms with Crippen LogP contribution in [0.25, 0.3) is 0 Å². The highest BCUT2D eigenvalue weighted by molar-refractivity contribution is 14.0. The number of hydrogen-bond acceptors (Lipinski definition) is 4. The molecule has 2 aromatic rings. The van der Waals surface area contributed by atoms with E-state index < -0.39 is 6.36 Å². The third-order valence-electron chi connectivity index (χ3n) is 3.23. The van der Waals surface area contributed by atoms with Crippen LogP contribution in [0, 0.1) is 0 Å². The standard InChI is InChI=1S/C17H21F3N4OS.HI/c1-16(2,3)14-24-12(10-26-14)9-23-15(21)22-8-11-4-6-13(7-5-11)25-17(18,19)20;/h4-7,10H,8-9H2,1-3H3,(H3,21,22,23);1H. The maximum absolute atomic E-state index is 12.1. The number of alkyl halides is 3. The number of thiazole rings is 1. The first-order valence-corrected chi connectivity index (χ1v) is 8.74. The number of hydrogen-bond donors (Lipinski definition) is 2. The smallest absolute Gasteiger partial charge is 0.406 e. The second-order valence-electron chi connectivity index (χ2n) is 6.64. The number of halogens is 4. The zero-order valence-corrected chi connectivity index (χ0v) is 18.3. The third kappa shape index (κ3) is 8.33. The molecule has 0 radical (unpaired) electrons. The maximum Gasteiger partial charge on any atom is 0.573 e. The largest absolute Gasteiger partial charge is 0.573 e. The van der Waals surface area contributed by atoms with Crippen molar-refractivity contribution < 1.29 is 17.9 Å². The van der Waals surface area contributed by atoms with E-state index in [-0.39, 0.29) is 47.6 Å². The Morgan fingerprint density at radius 2 is 1.85 bits per heavy atom. The van der Waals surface area contributed by atoms with Crippen molar-refractivity contribution in [3.63, 3.8) is 0 Å². The lowest BCUT2D eigenvalue weighted by atomic mass is 9.98. The number of aliphatic imine (C=N–C) groups is 1. The molecule has 0 aliphatic heterocycles. The van der Waals surface area contributed by atoms with Crippen LogP contribution in [0.5, 0.6) is 5.75 Å². The van der Waals surface area contributed by atoms with Crippen LogP contribution >= 0.6 is 35.3 Å². The molecule has 27 heavy (non-hydrogen) atoms. The van der Waals surface area contributed by atoms with E-state index in [4.69, 9.17) is 5.73 Å². The van der Waals surface area contributed by atoms with E-state index >= 15 is 0 Å². The van der Waals surface area contributed by atoms with Gasteiger partial charge in [-0.15, -0.1) is 48.5 Å². The number of rotatable bonds is 5. The van der Waals surface area contributed by atoms with E-state index in [1.165, 1.54) is 24.3 Å². The second-order valence-corrected chi connectivity index (χ2v) is 7.50. The minimum Gasteiger partial charge on any atom is -0.406 e. The monoisotopic (exact) mass is 514 g/mol. The van der Waals surface area contributed by atoms with Crippen LogP contribution in [-0.2, 0) is 18.5 Å². The Hall–Kier alpha value is -1.56. The van der Waals surface area contributed by atoms with Crippen molar-refractivity contribution in [3.05, 3.63) is 45.9 Å². The van der Waals surface area contributed by atoms with E-state index in [1.54, 1.807) is 11.3 Å². The van der Waals surface area contributed by atoms with Crippen LogP contribution in [0.1, 0.15) is 37.0 Å². The molecule has 0 aliphatic rings. The van der Waals surface area contributed by atoms with E-state index in [2.05, 4.69) is 40.8 Å². The summed E-state index contributed by atoms with van der Waals surface area (Å²) >= 11 is 1.60. The van der Waals surface area contributed by atoms with Crippen LogP contribution in [0.2, 0.25) is 0 Å². The van der Waals surface area contributed by atoms with E-state index in [1.807, 2.05) is 5.38 Å². The van der Waals surface area contributed by atoms with Gasteiger partial charge in [0.25, 0.3) is 0 Å². The van der Waals surface area contributed by atoms with Gasteiger partial charge in [0.1, 0.15) is 5.75 Å². The van der Waals surface area contributed by atoms with Crippen LogP contribution in [0.3, 0.4) is 0 Å². The molecule has 0 bridgehead atoms. The quantitative estimate of drug-likeness (QED) is 0.349. The SMILES string of the molecule is CC(C)(C)c1nc(CNC(N)=NCc2ccc(OC(F)(F)F)cc2)cs1.I. The molecule has 5 nitrogen and oxygen atoms in total. The fraction of sp³-hybridized carbons (Fsp3) is 0.412. The summed E-state index contributed by atoms with van der Waals surface area (Å²) in [6.07, 6.45) is -4.70. The molecule has 0 spiro atoms. The molecule has 0 saturated carbocycles. The summed E-state index contributed by atoms with van der Waals surface area (Å²) in [5.41, 5.74) is 7.42. The number of guanidine groups is 1. The predicted octanol–water partition coefficient (Wildman–Crippen LogP) is 4.56. The van der Waals surface area contributed by atoms with E-state index in [0.29, 0.717) is 12.1 Å². The highest BCUT2D eigenvalue weighted by Gasteiger charge is 2.30. The van der Waals surface area contributed by atoms with Crippen molar-refractivity contribution in [1.29, 1.82) is 0 Å². The first-order valence-electron chi connectivity index (χ1n) is 7.86. The molecule has 10 heteroatoms. The van der Waals surface area contributed by atoms with Gasteiger partial charge in [0.05, 0.1) is 23.8 Å². The molecular weight excluding hydrogens is 492 g/mol. The van der Waals surface area contributed by atoms with Gasteiger partial charge in [0.15, 0.2) is 5.96 Å². The summed E-state index contributed by atoms with van der Waals surface area (Å²) < 4.78 is 40.2. The van der Waals surface area contributed by atoms with Gasteiger partial charge in [0.2, 0.25) is 0 Å². The van der Waals surface area contributed by atoms with E-state index in [0.717, 1.165) is 10.7 Å². The topological polar surface area (TPSA) is 72.5 Å². The minimum absolute atomic E-state index is 0. The number of nitrogens with one attached hydrogen (secondary N) is 1. The van der Waals surface area contributed by atoms with Crippen molar-refractivity contribution in [2.75, 3.05) is 0 Å². The highest BCUT2D eigenvalue weighted by Crippen LogP contribution is 2.25. The third-order valence-corrected chi connectivity index (χ3v) is 4.55. The summed E-state index contributed by atoms with van der Waals surface area (Å²) in [7, 11) is 0. The maximum atomic E-state index is 12.1. The van der Waals surface area contributed by atoms with Gasteiger partial charge in [-0.2, -0.15) is 0 Å². The predicted molar refractivity (Wildman–Crippen MR) is 112 cm³/mol. The van der Waals surface area contributed by atoms with Crippen molar-refractivity contribution in [3.8, 4) is 5.75 Å². The molecule has 0 unspecified atom stereocenters. The Bertz CT molecular complexity index is 755. The average Bonchev–Trinajstić information content (AvgIpc) is 3.00. The molecule has 2 rings (SSSR count). The summed E-state index contributed by atoms with van der Waals surface area (Å²) in [6.45, 7) is 7.01. The molecule has 3 N–H and O–H groups in total. The Morgan fingerprint density at radius 1 is 1.22 bits per heavy atom. The molecule has 0 fully saturated rings. The Labute approximate surface area is 177 Å². The molecule has 1 aromatic carbocycles. The number of nitrogens with zero attached hydrogens (tertiary/aromatic N) is 2. The van der Waals surface area contributed by atoms with Crippen LogP contribution in [0.4, 0.5) is 13.2 Å². The fourth-order valence-corrected chi connectivity index (χ4v) is 2.85. The lowest BCUT2D eigenvalue weighted by Crippen LogP contribution is -2.31. The Kier molecular flexibility index (Phi) is 8.33. The van der Waals surface area contributed by atoms with Gasteiger partial charge < -0.3 is 15.8 Å². The molecule has 0 aliphatic carbocycles. The first-order chi connectivity index (χ1) is 12.0. The fourth-order valence-electron chi connectivity index (χ4n) is 1.94. The van der Waals surface area contributed by atoms with Gasteiger partial charge in [-0.05, 0) is 17.7 Å². The van der Waals surface area contributed by atoms with Gasteiger partial charge in [0, 0.05) is 10.8 Å². The van der Waals surface area contributed by atoms with Crippen LogP contribution in [0.15, 0.2) is 34.6 Å². The number of ether oxygens (including phenoxy) is 1. The molecular formula is C17H22F3IN4OS. The number of aromatic nitrogens is 1. The summed E-state index contributed by atoms with van der Waals surface area (Å²) in [5.74, 6) is -0.0274. The lowest BCUT2D eigenvalue weighted by molar-refractivity contribution is -0.274. The number of nitrogens with two attached hydrogens (primary N) is 1. The zero-order chi connectivity index (χ0) is 19.4.